The second-order valence-electron chi connectivity index (χ2n) is 4.90. The van der Waals surface area contributed by atoms with Crippen LogP contribution in [0.2, 0.25) is 0 Å². The number of aromatic nitrogens is 4. The number of hydrogen-bond donors (Lipinski definition) is 0. The fourth-order valence-corrected chi connectivity index (χ4v) is 2.13. The van der Waals surface area contributed by atoms with E-state index in [2.05, 4.69) is 21.3 Å². The van der Waals surface area contributed by atoms with Crippen LogP contribution in [0, 0.1) is 18.3 Å². The average molecular weight is 321 g/mol. The van der Waals surface area contributed by atoms with E-state index < -0.39 is 0 Å². The van der Waals surface area contributed by atoms with Gasteiger partial charge in [0, 0.05) is 12.3 Å². The Hall–Kier alpha value is -3.40. The molecule has 0 aliphatic heterocycles. The zero-order valence-corrected chi connectivity index (χ0v) is 13.1. The summed E-state index contributed by atoms with van der Waals surface area (Å²) in [4.78, 5) is 4.28. The molecular weight excluding hydrogens is 306 g/mol. The molecule has 0 fully saturated rings. The van der Waals surface area contributed by atoms with Gasteiger partial charge in [-0.3, -0.25) is 4.57 Å². The largest absolute Gasteiger partial charge is 0.490 e. The summed E-state index contributed by atoms with van der Waals surface area (Å²) in [5.74, 6) is 2.66. The predicted octanol–water partition coefficient (Wildman–Crippen LogP) is 2.30. The molecule has 0 bridgehead atoms. The zero-order valence-electron chi connectivity index (χ0n) is 13.1. The van der Waals surface area contributed by atoms with Gasteiger partial charge in [0.1, 0.15) is 48.8 Å². The van der Waals surface area contributed by atoms with E-state index in [9.17, 15) is 0 Å². The van der Waals surface area contributed by atoms with E-state index in [1.54, 1.807) is 47.4 Å². The monoisotopic (exact) mass is 321 g/mol. The van der Waals surface area contributed by atoms with E-state index in [0.29, 0.717) is 36.1 Å². The molecule has 3 aromatic rings. The molecule has 0 spiro atoms. The second-order valence-corrected chi connectivity index (χ2v) is 4.90. The average Bonchev–Trinajstić information content (AvgIpc) is 3.05. The maximum atomic E-state index is 9.02. The molecule has 3 rings (SSSR count). The van der Waals surface area contributed by atoms with Crippen molar-refractivity contribution in [1.29, 1.82) is 5.26 Å². The summed E-state index contributed by atoms with van der Waals surface area (Å²) in [6.07, 6.45) is 3.26. The summed E-state index contributed by atoms with van der Waals surface area (Å²) in [5.41, 5.74) is 0.506. The fourth-order valence-electron chi connectivity index (χ4n) is 2.13. The molecule has 0 saturated heterocycles. The standard InChI is InChI=1S/C17H15N5O2/c1-13-21-20-12-22(13)17-10-15(6-7-19-17)23-8-9-24-16-5-3-2-4-14(16)11-18/h2-7,10,12H,8-9H2,1H3. The van der Waals surface area contributed by atoms with Crippen LogP contribution in [0.3, 0.4) is 0 Å². The molecule has 0 aliphatic carbocycles. The van der Waals surface area contributed by atoms with Crippen LogP contribution in [0.5, 0.6) is 11.5 Å². The molecule has 0 radical (unpaired) electrons. The second kappa shape index (κ2) is 7.24. The number of aryl methyl sites for hydroxylation is 1. The summed E-state index contributed by atoms with van der Waals surface area (Å²) >= 11 is 0. The van der Waals surface area contributed by atoms with Crippen molar-refractivity contribution in [2.45, 2.75) is 6.92 Å². The number of benzene rings is 1. The number of rotatable bonds is 6. The number of nitriles is 1. The van der Waals surface area contributed by atoms with Crippen LogP contribution in [-0.2, 0) is 0 Å². The van der Waals surface area contributed by atoms with Gasteiger partial charge in [-0.1, -0.05) is 12.1 Å². The van der Waals surface area contributed by atoms with Crippen molar-refractivity contribution in [3.8, 4) is 23.4 Å². The van der Waals surface area contributed by atoms with Crippen LogP contribution in [0.1, 0.15) is 11.4 Å². The third-order valence-electron chi connectivity index (χ3n) is 3.30. The number of pyridine rings is 1. The van der Waals surface area contributed by atoms with E-state index in [1.165, 1.54) is 0 Å². The minimum atomic E-state index is 0.335. The minimum absolute atomic E-state index is 0.335. The van der Waals surface area contributed by atoms with Gasteiger partial charge in [-0.25, -0.2) is 4.98 Å². The summed E-state index contributed by atoms with van der Waals surface area (Å²) in [6.45, 7) is 2.54. The summed E-state index contributed by atoms with van der Waals surface area (Å²) in [7, 11) is 0. The van der Waals surface area contributed by atoms with E-state index in [0.717, 1.165) is 5.82 Å². The molecule has 0 saturated carbocycles. The first-order chi connectivity index (χ1) is 11.8. The van der Waals surface area contributed by atoms with Gasteiger partial charge in [0.15, 0.2) is 0 Å². The van der Waals surface area contributed by atoms with E-state index in [-0.39, 0.29) is 0 Å². The first kappa shape index (κ1) is 15.5. The van der Waals surface area contributed by atoms with Crippen LogP contribution >= 0.6 is 0 Å². The van der Waals surface area contributed by atoms with Gasteiger partial charge in [-0.2, -0.15) is 5.26 Å². The third-order valence-corrected chi connectivity index (χ3v) is 3.30. The Bertz CT molecular complexity index is 869. The molecule has 0 amide bonds. The van der Waals surface area contributed by atoms with Crippen LogP contribution in [0.15, 0.2) is 48.9 Å². The van der Waals surface area contributed by atoms with Gasteiger partial charge in [-0.15, -0.1) is 10.2 Å². The summed E-state index contributed by atoms with van der Waals surface area (Å²) < 4.78 is 13.0. The smallest absolute Gasteiger partial charge is 0.142 e. The minimum Gasteiger partial charge on any atom is -0.490 e. The highest BCUT2D eigenvalue weighted by atomic mass is 16.5. The molecule has 7 heteroatoms. The molecule has 0 unspecified atom stereocenters. The van der Waals surface area contributed by atoms with Crippen molar-refractivity contribution >= 4 is 0 Å². The van der Waals surface area contributed by atoms with Crippen molar-refractivity contribution in [2.75, 3.05) is 13.2 Å². The van der Waals surface area contributed by atoms with E-state index >= 15 is 0 Å². The van der Waals surface area contributed by atoms with Crippen molar-refractivity contribution in [3.63, 3.8) is 0 Å². The molecule has 1 aromatic carbocycles. The lowest BCUT2D eigenvalue weighted by atomic mass is 10.2. The van der Waals surface area contributed by atoms with Gasteiger partial charge >= 0.3 is 0 Å². The lowest BCUT2D eigenvalue weighted by Crippen LogP contribution is -2.10. The third kappa shape index (κ3) is 3.50. The van der Waals surface area contributed by atoms with Crippen LogP contribution in [0.25, 0.3) is 5.82 Å². The van der Waals surface area contributed by atoms with Gasteiger partial charge in [0.25, 0.3) is 0 Å². The van der Waals surface area contributed by atoms with Crippen molar-refractivity contribution in [1.82, 2.24) is 19.7 Å². The molecule has 2 aromatic heterocycles. The van der Waals surface area contributed by atoms with Gasteiger partial charge in [-0.05, 0) is 25.1 Å². The number of ether oxygens (including phenoxy) is 2. The first-order valence-corrected chi connectivity index (χ1v) is 7.35. The van der Waals surface area contributed by atoms with Crippen molar-refractivity contribution < 1.29 is 9.47 Å². The highest BCUT2D eigenvalue weighted by Crippen LogP contribution is 2.17. The SMILES string of the molecule is Cc1nncn1-c1cc(OCCOc2ccccc2C#N)ccn1. The lowest BCUT2D eigenvalue weighted by molar-refractivity contribution is 0.216. The van der Waals surface area contributed by atoms with Crippen LogP contribution in [0.4, 0.5) is 0 Å². The van der Waals surface area contributed by atoms with Gasteiger partial charge in [0.2, 0.25) is 0 Å². The normalized spacial score (nSPS) is 10.2. The maximum Gasteiger partial charge on any atom is 0.142 e. The Morgan fingerprint density at radius 1 is 1.17 bits per heavy atom. The lowest BCUT2D eigenvalue weighted by Gasteiger charge is -2.10. The van der Waals surface area contributed by atoms with Crippen molar-refractivity contribution in [3.05, 3.63) is 60.3 Å². The molecule has 120 valence electrons. The zero-order chi connectivity index (χ0) is 16.8. The highest BCUT2D eigenvalue weighted by molar-refractivity contribution is 5.42. The fraction of sp³-hybridized carbons (Fsp3) is 0.176. The Morgan fingerprint density at radius 2 is 2.00 bits per heavy atom. The molecule has 7 nitrogen and oxygen atoms in total. The Morgan fingerprint density at radius 3 is 2.79 bits per heavy atom. The number of para-hydroxylation sites is 1. The predicted molar refractivity (Wildman–Crippen MR) is 86.0 cm³/mol. The summed E-state index contributed by atoms with van der Waals surface area (Å²) in [6, 6.07) is 12.8. The Labute approximate surface area is 139 Å². The van der Waals surface area contributed by atoms with Crippen molar-refractivity contribution in [2.24, 2.45) is 0 Å². The van der Waals surface area contributed by atoms with Gasteiger partial charge in [0.05, 0.1) is 5.56 Å². The molecule has 0 atom stereocenters. The first-order valence-electron chi connectivity index (χ1n) is 7.35. The Balaban J connectivity index is 1.58. The number of nitrogens with zero attached hydrogens (tertiary/aromatic N) is 5. The van der Waals surface area contributed by atoms with Crippen LogP contribution in [-0.4, -0.2) is 33.0 Å². The topological polar surface area (TPSA) is 85.9 Å². The van der Waals surface area contributed by atoms with E-state index in [1.807, 2.05) is 13.0 Å². The molecular formula is C17H15N5O2. The van der Waals surface area contributed by atoms with Gasteiger partial charge < -0.3 is 9.47 Å². The number of hydrogen-bond acceptors (Lipinski definition) is 6. The van der Waals surface area contributed by atoms with E-state index in [4.69, 9.17) is 14.7 Å². The van der Waals surface area contributed by atoms with Crippen LogP contribution < -0.4 is 9.47 Å². The Kier molecular flexibility index (Phi) is 4.68. The maximum absolute atomic E-state index is 9.02. The quantitative estimate of drug-likeness (QED) is 0.648. The molecule has 0 aliphatic rings. The molecule has 0 N–H and O–H groups in total. The summed E-state index contributed by atoms with van der Waals surface area (Å²) in [5, 5.41) is 16.8. The molecule has 2 heterocycles. The highest BCUT2D eigenvalue weighted by Gasteiger charge is 2.05. The molecule has 24 heavy (non-hydrogen) atoms.